The molecule has 21 heavy (non-hydrogen) atoms. The second-order valence-electron chi connectivity index (χ2n) is 4.31. The Morgan fingerprint density at radius 2 is 2.05 bits per heavy atom. The first kappa shape index (κ1) is 17.4. The van der Waals surface area contributed by atoms with E-state index in [1.54, 1.807) is 17.7 Å². The van der Waals surface area contributed by atoms with Crippen molar-refractivity contribution in [2.75, 3.05) is 14.2 Å². The lowest BCUT2D eigenvalue weighted by molar-refractivity contribution is 0.399. The summed E-state index contributed by atoms with van der Waals surface area (Å²) in [7, 11) is 2.78. The van der Waals surface area contributed by atoms with E-state index < -0.39 is 0 Å². The summed E-state index contributed by atoms with van der Waals surface area (Å²) >= 11 is 5.86. The number of rotatable bonds is 4. The third kappa shape index (κ3) is 3.53. The molecule has 0 radical (unpaired) electrons. The van der Waals surface area contributed by atoms with Crippen molar-refractivity contribution >= 4 is 22.5 Å². The topological polar surface area (TPSA) is 87.4 Å². The molecular formula is C14H20ClN3O3. The van der Waals surface area contributed by atoms with Crippen LogP contribution in [0.25, 0.3) is 10.9 Å². The average Bonchev–Trinajstić information content (AvgIpc) is 2.50. The molecule has 0 saturated heterocycles. The van der Waals surface area contributed by atoms with Gasteiger partial charge in [0.15, 0.2) is 5.75 Å². The van der Waals surface area contributed by atoms with E-state index >= 15 is 0 Å². The van der Waals surface area contributed by atoms with Crippen LogP contribution in [0.2, 0.25) is 5.02 Å². The van der Waals surface area contributed by atoms with Crippen LogP contribution in [-0.4, -0.2) is 33.9 Å². The molecule has 2 rings (SSSR count). The van der Waals surface area contributed by atoms with Crippen LogP contribution in [0.1, 0.15) is 19.2 Å². The SMILES string of the molecule is CCCn1c(CNC)nc2c(O)c(Cl)ccc2c1=O.CO. The van der Waals surface area contributed by atoms with Gasteiger partial charge in [-0.2, -0.15) is 0 Å². The molecule has 0 unspecified atom stereocenters. The number of phenols is 1. The molecule has 0 amide bonds. The fourth-order valence-electron chi connectivity index (χ4n) is 2.04. The molecule has 7 heteroatoms. The number of nitrogens with one attached hydrogen (secondary N) is 1. The Kier molecular flexibility index (Phi) is 6.61. The fourth-order valence-corrected chi connectivity index (χ4v) is 2.19. The number of aliphatic hydroxyl groups is 1. The molecule has 6 nitrogen and oxygen atoms in total. The number of hydrogen-bond acceptors (Lipinski definition) is 5. The highest BCUT2D eigenvalue weighted by atomic mass is 35.5. The van der Waals surface area contributed by atoms with Crippen LogP contribution >= 0.6 is 11.6 Å². The van der Waals surface area contributed by atoms with Crippen LogP contribution in [0.4, 0.5) is 0 Å². The van der Waals surface area contributed by atoms with Crippen LogP contribution in [0.3, 0.4) is 0 Å². The van der Waals surface area contributed by atoms with Crippen molar-refractivity contribution in [1.29, 1.82) is 0 Å². The molecule has 0 aliphatic heterocycles. The molecular weight excluding hydrogens is 294 g/mol. The second kappa shape index (κ2) is 7.97. The molecule has 1 aromatic heterocycles. The molecule has 0 fully saturated rings. The zero-order valence-corrected chi connectivity index (χ0v) is 13.1. The normalized spacial score (nSPS) is 10.3. The average molecular weight is 314 g/mol. The van der Waals surface area contributed by atoms with Crippen molar-refractivity contribution in [3.63, 3.8) is 0 Å². The lowest BCUT2D eigenvalue weighted by atomic mass is 10.2. The monoisotopic (exact) mass is 313 g/mol. The van der Waals surface area contributed by atoms with E-state index in [2.05, 4.69) is 10.3 Å². The first-order valence-electron chi connectivity index (χ1n) is 6.60. The zero-order chi connectivity index (χ0) is 16.0. The van der Waals surface area contributed by atoms with Gasteiger partial charge in [0, 0.05) is 13.7 Å². The number of fused-ring (bicyclic) bond motifs is 1. The van der Waals surface area contributed by atoms with Gasteiger partial charge in [-0.15, -0.1) is 0 Å². The molecule has 0 aliphatic carbocycles. The van der Waals surface area contributed by atoms with E-state index in [-0.39, 0.29) is 21.8 Å². The number of phenolic OH excluding ortho intramolecular Hbond substituents is 1. The molecule has 0 atom stereocenters. The van der Waals surface area contributed by atoms with Gasteiger partial charge >= 0.3 is 0 Å². The Bertz CT molecular complexity index is 671. The third-order valence-electron chi connectivity index (χ3n) is 2.91. The van der Waals surface area contributed by atoms with Crippen molar-refractivity contribution in [3.05, 3.63) is 33.3 Å². The number of halogens is 1. The first-order valence-corrected chi connectivity index (χ1v) is 6.98. The van der Waals surface area contributed by atoms with Crippen LogP contribution in [0.15, 0.2) is 16.9 Å². The van der Waals surface area contributed by atoms with Crippen molar-refractivity contribution in [1.82, 2.24) is 14.9 Å². The van der Waals surface area contributed by atoms with E-state index in [0.29, 0.717) is 24.3 Å². The third-order valence-corrected chi connectivity index (χ3v) is 3.22. The maximum absolute atomic E-state index is 12.4. The molecule has 0 saturated carbocycles. The van der Waals surface area contributed by atoms with Gasteiger partial charge in [0.1, 0.15) is 11.3 Å². The second-order valence-corrected chi connectivity index (χ2v) is 4.71. The Hall–Kier alpha value is -1.63. The maximum atomic E-state index is 12.4. The predicted molar refractivity (Wildman–Crippen MR) is 83.9 cm³/mol. The van der Waals surface area contributed by atoms with E-state index in [4.69, 9.17) is 16.7 Å². The summed E-state index contributed by atoms with van der Waals surface area (Å²) in [5, 5.41) is 20.5. The Balaban J connectivity index is 0.00000106. The van der Waals surface area contributed by atoms with Crippen LogP contribution < -0.4 is 10.9 Å². The molecule has 0 aliphatic rings. The molecule has 116 valence electrons. The van der Waals surface area contributed by atoms with Gasteiger partial charge in [-0.05, 0) is 25.6 Å². The van der Waals surface area contributed by atoms with E-state index in [1.807, 2.05) is 6.92 Å². The lowest BCUT2D eigenvalue weighted by Gasteiger charge is -2.13. The standard InChI is InChI=1S/C13H16ClN3O2.CH4O/c1-3-6-17-10(7-15-2)16-11-8(13(17)19)4-5-9(14)12(11)18;1-2/h4-5,15,18H,3,6-7H2,1-2H3;2H,1H3. The molecule has 1 heterocycles. The summed E-state index contributed by atoms with van der Waals surface area (Å²) in [6.07, 6.45) is 0.837. The fraction of sp³-hybridized carbons (Fsp3) is 0.429. The van der Waals surface area contributed by atoms with Crippen molar-refractivity contribution in [2.45, 2.75) is 26.4 Å². The summed E-state index contributed by atoms with van der Waals surface area (Å²) in [5.74, 6) is 0.455. The molecule has 2 aromatic rings. The van der Waals surface area contributed by atoms with Gasteiger partial charge in [-0.3, -0.25) is 9.36 Å². The highest BCUT2D eigenvalue weighted by molar-refractivity contribution is 6.33. The summed E-state index contributed by atoms with van der Waals surface area (Å²) in [5.41, 5.74) is 0.110. The number of aliphatic hydroxyl groups excluding tert-OH is 1. The minimum atomic E-state index is -0.149. The van der Waals surface area contributed by atoms with Gasteiger partial charge in [-0.1, -0.05) is 18.5 Å². The van der Waals surface area contributed by atoms with Gasteiger partial charge in [0.25, 0.3) is 5.56 Å². The number of benzene rings is 1. The number of aromatic hydroxyl groups is 1. The number of aromatic nitrogens is 2. The molecule has 0 spiro atoms. The smallest absolute Gasteiger partial charge is 0.261 e. The zero-order valence-electron chi connectivity index (χ0n) is 12.4. The van der Waals surface area contributed by atoms with Gasteiger partial charge in [0.05, 0.1) is 17.0 Å². The number of hydrogen-bond donors (Lipinski definition) is 3. The highest BCUT2D eigenvalue weighted by Gasteiger charge is 2.14. The Morgan fingerprint density at radius 1 is 1.38 bits per heavy atom. The number of nitrogens with zero attached hydrogens (tertiary/aromatic N) is 2. The molecule has 3 N–H and O–H groups in total. The Morgan fingerprint density at radius 3 is 2.62 bits per heavy atom. The van der Waals surface area contributed by atoms with Crippen molar-refractivity contribution in [2.24, 2.45) is 0 Å². The summed E-state index contributed by atoms with van der Waals surface area (Å²) in [4.78, 5) is 16.8. The van der Waals surface area contributed by atoms with Gasteiger partial charge in [-0.25, -0.2) is 4.98 Å². The summed E-state index contributed by atoms with van der Waals surface area (Å²) in [6.45, 7) is 3.05. The van der Waals surface area contributed by atoms with Gasteiger partial charge < -0.3 is 15.5 Å². The quantitative estimate of drug-likeness (QED) is 0.796. The highest BCUT2D eigenvalue weighted by Crippen LogP contribution is 2.29. The minimum Gasteiger partial charge on any atom is -0.504 e. The maximum Gasteiger partial charge on any atom is 0.261 e. The van der Waals surface area contributed by atoms with Crippen LogP contribution in [0.5, 0.6) is 5.75 Å². The minimum absolute atomic E-state index is 0.141. The largest absolute Gasteiger partial charge is 0.504 e. The van der Waals surface area contributed by atoms with Crippen LogP contribution in [-0.2, 0) is 13.1 Å². The predicted octanol–water partition coefficient (Wildman–Crippen LogP) is 1.49. The summed E-state index contributed by atoms with van der Waals surface area (Å²) < 4.78 is 1.63. The van der Waals surface area contributed by atoms with E-state index in [1.165, 1.54) is 6.07 Å². The molecule has 0 bridgehead atoms. The van der Waals surface area contributed by atoms with Crippen molar-refractivity contribution in [3.8, 4) is 5.75 Å². The van der Waals surface area contributed by atoms with Gasteiger partial charge in [0.2, 0.25) is 0 Å². The first-order chi connectivity index (χ1) is 10.1. The summed E-state index contributed by atoms with van der Waals surface area (Å²) in [6, 6.07) is 3.11. The Labute approximate surface area is 128 Å². The van der Waals surface area contributed by atoms with E-state index in [0.717, 1.165) is 13.5 Å². The molecule has 1 aromatic carbocycles. The lowest BCUT2D eigenvalue weighted by Crippen LogP contribution is -2.27. The van der Waals surface area contributed by atoms with E-state index in [9.17, 15) is 9.90 Å². The van der Waals surface area contributed by atoms with Crippen molar-refractivity contribution < 1.29 is 10.2 Å². The van der Waals surface area contributed by atoms with Crippen LogP contribution in [0, 0.1) is 0 Å².